The molecule has 5 nitrogen and oxygen atoms in total. The molecule has 2 rings (SSSR count). The van der Waals surface area contributed by atoms with E-state index in [1.54, 1.807) is 0 Å². The summed E-state index contributed by atoms with van der Waals surface area (Å²) in [7, 11) is 0. The number of carboxylic acid groups (broad SMARTS) is 1. The largest absolute Gasteiger partial charge is 0.481 e. The van der Waals surface area contributed by atoms with Crippen molar-refractivity contribution in [3.05, 3.63) is 28.0 Å². The molecule has 2 atom stereocenters. The third-order valence-corrected chi connectivity index (χ3v) is 3.91. The summed E-state index contributed by atoms with van der Waals surface area (Å²) in [6.07, 6.45) is 2.36. The van der Waals surface area contributed by atoms with Gasteiger partial charge in [0.05, 0.1) is 5.92 Å². The van der Waals surface area contributed by atoms with Crippen LogP contribution in [0.25, 0.3) is 0 Å². The van der Waals surface area contributed by atoms with Gasteiger partial charge in [-0.3, -0.25) is 9.59 Å². The van der Waals surface area contributed by atoms with Gasteiger partial charge in [0.2, 0.25) is 0 Å². The Hall–Kier alpha value is -1.33. The van der Waals surface area contributed by atoms with Crippen LogP contribution in [0.2, 0.25) is 10.3 Å². The maximum Gasteiger partial charge on any atom is 0.306 e. The minimum atomic E-state index is -0.795. The standard InChI is InChI=1S/C13H14Cl2N2O3/c14-10-4-8(5-11(15)17-10)12(18)16-6-7-2-1-3-9(7)13(19)20/h4-5,7,9H,1-3,6H2,(H,16,18)(H,19,20). The third kappa shape index (κ3) is 3.61. The highest BCUT2D eigenvalue weighted by atomic mass is 35.5. The molecule has 2 unspecified atom stereocenters. The van der Waals surface area contributed by atoms with Crippen molar-refractivity contribution < 1.29 is 14.7 Å². The van der Waals surface area contributed by atoms with Crippen molar-refractivity contribution in [1.29, 1.82) is 0 Å². The number of carbonyl (C=O) groups excluding carboxylic acids is 1. The van der Waals surface area contributed by atoms with E-state index in [-0.39, 0.29) is 28.0 Å². The lowest BCUT2D eigenvalue weighted by molar-refractivity contribution is -0.142. The van der Waals surface area contributed by atoms with Gasteiger partial charge in [-0.15, -0.1) is 0 Å². The molecular weight excluding hydrogens is 303 g/mol. The fourth-order valence-corrected chi connectivity index (χ4v) is 2.99. The first kappa shape index (κ1) is 15.1. The van der Waals surface area contributed by atoms with Crippen molar-refractivity contribution in [2.24, 2.45) is 11.8 Å². The smallest absolute Gasteiger partial charge is 0.306 e. The molecular formula is C13H14Cl2N2O3. The summed E-state index contributed by atoms with van der Waals surface area (Å²) in [5.74, 6) is -1.52. The number of aromatic nitrogens is 1. The summed E-state index contributed by atoms with van der Waals surface area (Å²) in [5, 5.41) is 12.1. The maximum atomic E-state index is 12.0. The number of carboxylic acids is 1. The number of aliphatic carboxylic acids is 1. The van der Waals surface area contributed by atoms with E-state index in [1.165, 1.54) is 12.1 Å². The molecule has 0 spiro atoms. The van der Waals surface area contributed by atoms with E-state index in [0.717, 1.165) is 12.8 Å². The SMILES string of the molecule is O=C(NCC1CCCC1C(=O)O)c1cc(Cl)nc(Cl)c1. The molecule has 1 aromatic heterocycles. The summed E-state index contributed by atoms with van der Waals surface area (Å²) in [4.78, 5) is 26.8. The second kappa shape index (κ2) is 6.41. The van der Waals surface area contributed by atoms with Crippen molar-refractivity contribution in [2.75, 3.05) is 6.54 Å². The summed E-state index contributed by atoms with van der Waals surface area (Å²) in [5.41, 5.74) is 0.319. The van der Waals surface area contributed by atoms with Gasteiger partial charge in [-0.1, -0.05) is 29.6 Å². The number of carbonyl (C=O) groups is 2. The second-order valence-electron chi connectivity index (χ2n) is 4.85. The molecule has 0 aromatic carbocycles. The zero-order chi connectivity index (χ0) is 14.7. The molecule has 0 saturated heterocycles. The van der Waals surface area contributed by atoms with Gasteiger partial charge in [0.25, 0.3) is 5.91 Å². The number of hydrogen-bond donors (Lipinski definition) is 2. The number of halogens is 2. The van der Waals surface area contributed by atoms with Gasteiger partial charge in [-0.25, -0.2) is 4.98 Å². The highest BCUT2D eigenvalue weighted by molar-refractivity contribution is 6.33. The molecule has 0 radical (unpaired) electrons. The van der Waals surface area contributed by atoms with Crippen molar-refractivity contribution in [2.45, 2.75) is 19.3 Å². The Morgan fingerprint density at radius 2 is 1.95 bits per heavy atom. The van der Waals surface area contributed by atoms with Gasteiger partial charge in [-0.05, 0) is 30.9 Å². The molecule has 1 aliphatic carbocycles. The van der Waals surface area contributed by atoms with Crippen LogP contribution >= 0.6 is 23.2 Å². The van der Waals surface area contributed by atoms with Gasteiger partial charge in [0, 0.05) is 12.1 Å². The van der Waals surface area contributed by atoms with Gasteiger partial charge >= 0.3 is 5.97 Å². The van der Waals surface area contributed by atoms with Crippen LogP contribution in [0.4, 0.5) is 0 Å². The molecule has 1 heterocycles. The molecule has 2 N–H and O–H groups in total. The predicted molar refractivity (Wildman–Crippen MR) is 75.1 cm³/mol. The molecule has 1 saturated carbocycles. The minimum absolute atomic E-state index is 0.0239. The number of pyridine rings is 1. The summed E-state index contributed by atoms with van der Waals surface area (Å²) < 4.78 is 0. The van der Waals surface area contributed by atoms with Crippen LogP contribution in [0.15, 0.2) is 12.1 Å². The van der Waals surface area contributed by atoms with E-state index in [1.807, 2.05) is 0 Å². The third-order valence-electron chi connectivity index (χ3n) is 3.53. The van der Waals surface area contributed by atoms with Gasteiger partial charge in [0.15, 0.2) is 0 Å². The Morgan fingerprint density at radius 1 is 1.30 bits per heavy atom. The monoisotopic (exact) mass is 316 g/mol. The lowest BCUT2D eigenvalue weighted by Gasteiger charge is -2.16. The Morgan fingerprint density at radius 3 is 2.55 bits per heavy atom. The van der Waals surface area contributed by atoms with Crippen LogP contribution in [0, 0.1) is 11.8 Å². The number of rotatable bonds is 4. The quantitative estimate of drug-likeness (QED) is 0.837. The van der Waals surface area contributed by atoms with Crippen molar-refractivity contribution in [3.63, 3.8) is 0 Å². The number of nitrogens with one attached hydrogen (secondary N) is 1. The van der Waals surface area contributed by atoms with Crippen LogP contribution < -0.4 is 5.32 Å². The van der Waals surface area contributed by atoms with E-state index >= 15 is 0 Å². The highest BCUT2D eigenvalue weighted by Gasteiger charge is 2.32. The maximum absolute atomic E-state index is 12.0. The Bertz CT molecular complexity index is 516. The summed E-state index contributed by atoms with van der Waals surface area (Å²) in [6.45, 7) is 0.341. The lowest BCUT2D eigenvalue weighted by Crippen LogP contribution is -2.33. The van der Waals surface area contributed by atoms with Crippen LogP contribution in [0.3, 0.4) is 0 Å². The molecule has 108 valence electrons. The zero-order valence-electron chi connectivity index (χ0n) is 10.6. The fraction of sp³-hybridized carbons (Fsp3) is 0.462. The molecule has 1 aliphatic rings. The first-order valence-corrected chi connectivity index (χ1v) is 7.07. The van der Waals surface area contributed by atoms with Crippen LogP contribution in [-0.2, 0) is 4.79 Å². The number of nitrogens with zero attached hydrogens (tertiary/aromatic N) is 1. The average Bonchev–Trinajstić information content (AvgIpc) is 2.83. The van der Waals surface area contributed by atoms with E-state index in [9.17, 15) is 9.59 Å². The molecule has 1 fully saturated rings. The van der Waals surface area contributed by atoms with Crippen LogP contribution in [0.1, 0.15) is 29.6 Å². The Labute approximate surface area is 126 Å². The zero-order valence-corrected chi connectivity index (χ0v) is 12.1. The van der Waals surface area contributed by atoms with E-state index < -0.39 is 5.97 Å². The summed E-state index contributed by atoms with van der Waals surface area (Å²) >= 11 is 11.5. The van der Waals surface area contributed by atoms with Crippen molar-refractivity contribution >= 4 is 35.1 Å². The van der Waals surface area contributed by atoms with Crippen molar-refractivity contribution in [3.8, 4) is 0 Å². The molecule has 20 heavy (non-hydrogen) atoms. The fourth-order valence-electron chi connectivity index (χ4n) is 2.53. The molecule has 7 heteroatoms. The minimum Gasteiger partial charge on any atom is -0.481 e. The van der Waals surface area contributed by atoms with Gasteiger partial charge < -0.3 is 10.4 Å². The molecule has 1 aromatic rings. The van der Waals surface area contributed by atoms with Gasteiger partial charge in [-0.2, -0.15) is 0 Å². The summed E-state index contributed by atoms with van der Waals surface area (Å²) in [6, 6.07) is 2.85. The molecule has 1 amide bonds. The normalized spacial score (nSPS) is 21.7. The second-order valence-corrected chi connectivity index (χ2v) is 5.62. The topological polar surface area (TPSA) is 79.3 Å². The Balaban J connectivity index is 1.96. The van der Waals surface area contributed by atoms with Crippen molar-refractivity contribution in [1.82, 2.24) is 10.3 Å². The number of amides is 1. The first-order chi connectivity index (χ1) is 9.47. The molecule has 0 bridgehead atoms. The number of hydrogen-bond acceptors (Lipinski definition) is 3. The molecule has 0 aliphatic heterocycles. The van der Waals surface area contributed by atoms with E-state index in [0.29, 0.717) is 18.5 Å². The Kier molecular flexibility index (Phi) is 4.83. The highest BCUT2D eigenvalue weighted by Crippen LogP contribution is 2.31. The predicted octanol–water partition coefficient (Wildman–Crippen LogP) is 2.62. The van der Waals surface area contributed by atoms with Crippen LogP contribution in [-0.4, -0.2) is 28.5 Å². The first-order valence-electron chi connectivity index (χ1n) is 6.31. The van der Waals surface area contributed by atoms with Gasteiger partial charge in [0.1, 0.15) is 10.3 Å². The lowest BCUT2D eigenvalue weighted by atomic mass is 9.96. The average molecular weight is 317 g/mol. The van der Waals surface area contributed by atoms with E-state index in [4.69, 9.17) is 28.3 Å². The van der Waals surface area contributed by atoms with E-state index in [2.05, 4.69) is 10.3 Å². The van der Waals surface area contributed by atoms with Crippen LogP contribution in [0.5, 0.6) is 0 Å².